The number of carbonyl (C=O) groups excluding carboxylic acids is 2. The molecule has 0 saturated heterocycles. The predicted molar refractivity (Wildman–Crippen MR) is 99.2 cm³/mol. The van der Waals surface area contributed by atoms with Crippen molar-refractivity contribution in [2.75, 3.05) is 11.5 Å². The van der Waals surface area contributed by atoms with Crippen LogP contribution < -0.4 is 11.5 Å². The zero-order chi connectivity index (χ0) is 17.9. The summed E-state index contributed by atoms with van der Waals surface area (Å²) in [6.45, 7) is 5.80. The quantitative estimate of drug-likeness (QED) is 0.472. The minimum atomic E-state index is -0.342. The highest BCUT2D eigenvalue weighted by molar-refractivity contribution is 7.99. The summed E-state index contributed by atoms with van der Waals surface area (Å²) in [6.07, 6.45) is 2.63. The molecule has 0 spiro atoms. The molecule has 0 bridgehead atoms. The van der Waals surface area contributed by atoms with Crippen LogP contribution in [0.3, 0.4) is 0 Å². The van der Waals surface area contributed by atoms with Crippen molar-refractivity contribution in [3.05, 3.63) is 42.0 Å². The van der Waals surface area contributed by atoms with E-state index in [4.69, 9.17) is 16.2 Å². The molecule has 0 aromatic heterocycles. The Labute approximate surface area is 147 Å². The lowest BCUT2D eigenvalue weighted by Gasteiger charge is -2.15. The number of esters is 1. The van der Waals surface area contributed by atoms with Crippen LogP contribution in [-0.4, -0.2) is 29.4 Å². The van der Waals surface area contributed by atoms with Crippen LogP contribution in [0.1, 0.15) is 30.9 Å². The van der Waals surface area contributed by atoms with E-state index in [1.54, 1.807) is 6.08 Å². The first kappa shape index (κ1) is 20.3. The highest BCUT2D eigenvalue weighted by Gasteiger charge is 2.17. The predicted octanol–water partition coefficient (Wildman–Crippen LogP) is 2.33. The Bertz CT molecular complexity index is 544. The van der Waals surface area contributed by atoms with Crippen molar-refractivity contribution in [2.45, 2.75) is 32.4 Å². The Balaban J connectivity index is 2.23. The number of thioether (sulfide) groups is 1. The van der Waals surface area contributed by atoms with Gasteiger partial charge in [-0.25, -0.2) is 0 Å². The maximum atomic E-state index is 11.7. The van der Waals surface area contributed by atoms with Crippen LogP contribution in [0.4, 0.5) is 0 Å². The van der Waals surface area contributed by atoms with E-state index in [9.17, 15) is 9.59 Å². The molecule has 2 unspecified atom stereocenters. The highest BCUT2D eigenvalue weighted by Crippen LogP contribution is 2.15. The molecule has 0 aliphatic rings. The molecule has 0 radical (unpaired) electrons. The van der Waals surface area contributed by atoms with Gasteiger partial charge in [0.15, 0.2) is 0 Å². The SMILES string of the molecule is C=Cc1ccc(COC(=O)CCSCC(CC(C)N)C(N)=O)cc1. The normalized spacial score (nSPS) is 13.1. The molecular weight excluding hydrogens is 324 g/mol. The van der Waals surface area contributed by atoms with Crippen LogP contribution >= 0.6 is 11.8 Å². The number of rotatable bonds is 11. The van der Waals surface area contributed by atoms with Crippen molar-refractivity contribution in [2.24, 2.45) is 17.4 Å². The minimum Gasteiger partial charge on any atom is -0.461 e. The monoisotopic (exact) mass is 350 g/mol. The first-order valence-corrected chi connectivity index (χ1v) is 9.07. The summed E-state index contributed by atoms with van der Waals surface area (Å²) in [5.74, 6) is 0.322. The van der Waals surface area contributed by atoms with Gasteiger partial charge in [-0.3, -0.25) is 9.59 Å². The largest absolute Gasteiger partial charge is 0.461 e. The van der Waals surface area contributed by atoms with E-state index in [2.05, 4.69) is 6.58 Å². The van der Waals surface area contributed by atoms with Gasteiger partial charge >= 0.3 is 5.97 Å². The van der Waals surface area contributed by atoms with Gasteiger partial charge in [0.2, 0.25) is 5.91 Å². The van der Waals surface area contributed by atoms with Crippen LogP contribution in [0.15, 0.2) is 30.8 Å². The van der Waals surface area contributed by atoms with E-state index in [-0.39, 0.29) is 30.4 Å². The standard InChI is InChI=1S/C18H26N2O3S/c1-3-14-4-6-15(7-5-14)11-23-17(21)8-9-24-12-16(18(20)22)10-13(2)19/h3-7,13,16H,1,8-12,19H2,2H3,(H2,20,22). The van der Waals surface area contributed by atoms with Crippen LogP contribution in [0.2, 0.25) is 0 Å². The number of hydrogen-bond donors (Lipinski definition) is 2. The fourth-order valence-electron chi connectivity index (χ4n) is 2.08. The number of amides is 1. The lowest BCUT2D eigenvalue weighted by atomic mass is 10.0. The molecule has 1 rings (SSSR count). The number of nitrogens with two attached hydrogens (primary N) is 2. The van der Waals surface area contributed by atoms with E-state index < -0.39 is 0 Å². The second-order valence-electron chi connectivity index (χ2n) is 5.74. The average molecular weight is 350 g/mol. The molecule has 0 aliphatic carbocycles. The third kappa shape index (κ3) is 8.17. The van der Waals surface area contributed by atoms with Gasteiger partial charge in [0.25, 0.3) is 0 Å². The smallest absolute Gasteiger partial charge is 0.306 e. The van der Waals surface area contributed by atoms with E-state index in [0.717, 1.165) is 11.1 Å². The molecule has 5 nitrogen and oxygen atoms in total. The van der Waals surface area contributed by atoms with Crippen molar-refractivity contribution in [3.63, 3.8) is 0 Å². The molecule has 6 heteroatoms. The Kier molecular flexibility index (Phi) is 9.19. The third-order valence-electron chi connectivity index (χ3n) is 3.44. The second-order valence-corrected chi connectivity index (χ2v) is 6.89. The van der Waals surface area contributed by atoms with Crippen LogP contribution in [-0.2, 0) is 20.9 Å². The number of carbonyl (C=O) groups is 2. The molecule has 0 heterocycles. The Morgan fingerprint density at radius 2 is 2.00 bits per heavy atom. The fraction of sp³-hybridized carbons (Fsp3) is 0.444. The maximum Gasteiger partial charge on any atom is 0.306 e. The molecule has 4 N–H and O–H groups in total. The average Bonchev–Trinajstić information content (AvgIpc) is 2.55. The number of ether oxygens (including phenoxy) is 1. The van der Waals surface area contributed by atoms with Gasteiger partial charge in [-0.1, -0.05) is 36.9 Å². The van der Waals surface area contributed by atoms with Crippen molar-refractivity contribution >= 4 is 29.7 Å². The highest BCUT2D eigenvalue weighted by atomic mass is 32.2. The summed E-state index contributed by atoms with van der Waals surface area (Å²) in [5.41, 5.74) is 13.0. The van der Waals surface area contributed by atoms with Crippen molar-refractivity contribution in [3.8, 4) is 0 Å². The molecule has 1 amide bonds. The molecule has 0 fully saturated rings. The van der Waals surface area contributed by atoms with Crippen molar-refractivity contribution in [1.29, 1.82) is 0 Å². The van der Waals surface area contributed by atoms with Gasteiger partial charge in [-0.05, 0) is 24.5 Å². The van der Waals surface area contributed by atoms with Gasteiger partial charge in [0.1, 0.15) is 6.61 Å². The van der Waals surface area contributed by atoms with Gasteiger partial charge in [0.05, 0.1) is 6.42 Å². The molecule has 24 heavy (non-hydrogen) atoms. The molecule has 1 aromatic rings. The second kappa shape index (κ2) is 10.9. The van der Waals surface area contributed by atoms with E-state index in [1.165, 1.54) is 11.8 Å². The first-order chi connectivity index (χ1) is 11.4. The maximum absolute atomic E-state index is 11.7. The van der Waals surface area contributed by atoms with Gasteiger partial charge in [-0.15, -0.1) is 0 Å². The summed E-state index contributed by atoms with van der Waals surface area (Å²) in [6, 6.07) is 7.60. The van der Waals surface area contributed by atoms with Crippen molar-refractivity contribution in [1.82, 2.24) is 0 Å². The fourth-order valence-corrected chi connectivity index (χ4v) is 3.14. The van der Waals surface area contributed by atoms with Gasteiger partial charge < -0.3 is 16.2 Å². The van der Waals surface area contributed by atoms with E-state index >= 15 is 0 Å². The minimum absolute atomic E-state index is 0.0689. The topological polar surface area (TPSA) is 95.4 Å². The van der Waals surface area contributed by atoms with E-state index in [0.29, 0.717) is 24.3 Å². The Hall–Kier alpha value is -1.79. The molecule has 132 valence electrons. The summed E-state index contributed by atoms with van der Waals surface area (Å²) >= 11 is 1.52. The van der Waals surface area contributed by atoms with E-state index in [1.807, 2.05) is 31.2 Å². The van der Waals surface area contributed by atoms with Crippen LogP contribution in [0, 0.1) is 5.92 Å². The Morgan fingerprint density at radius 3 is 2.54 bits per heavy atom. The molecule has 0 aliphatic heterocycles. The number of primary amides is 1. The summed E-state index contributed by atoms with van der Waals surface area (Å²) in [7, 11) is 0. The van der Waals surface area contributed by atoms with Crippen molar-refractivity contribution < 1.29 is 14.3 Å². The summed E-state index contributed by atoms with van der Waals surface area (Å²) < 4.78 is 5.23. The van der Waals surface area contributed by atoms with Gasteiger partial charge in [0, 0.05) is 23.5 Å². The molecular formula is C18H26N2O3S. The summed E-state index contributed by atoms with van der Waals surface area (Å²) in [5, 5.41) is 0. The zero-order valence-corrected chi connectivity index (χ0v) is 14.9. The van der Waals surface area contributed by atoms with Crippen LogP contribution in [0.5, 0.6) is 0 Å². The number of benzene rings is 1. The Morgan fingerprint density at radius 1 is 1.33 bits per heavy atom. The lowest BCUT2D eigenvalue weighted by molar-refractivity contribution is -0.144. The molecule has 1 aromatic carbocycles. The lowest BCUT2D eigenvalue weighted by Crippen LogP contribution is -2.31. The summed E-state index contributed by atoms with van der Waals surface area (Å²) in [4.78, 5) is 23.1. The number of hydrogen-bond acceptors (Lipinski definition) is 5. The van der Waals surface area contributed by atoms with Crippen LogP contribution in [0.25, 0.3) is 6.08 Å². The zero-order valence-electron chi connectivity index (χ0n) is 14.1. The first-order valence-electron chi connectivity index (χ1n) is 7.92. The molecule has 0 saturated carbocycles. The third-order valence-corrected chi connectivity index (χ3v) is 4.57. The molecule has 2 atom stereocenters. The van der Waals surface area contributed by atoms with Gasteiger partial charge in [-0.2, -0.15) is 11.8 Å².